The number of carbonyl (C=O) groups excluding carboxylic acids is 1. The van der Waals surface area contributed by atoms with E-state index < -0.39 is 0 Å². The van der Waals surface area contributed by atoms with Gasteiger partial charge in [-0.05, 0) is 25.5 Å². The number of ether oxygens (including phenoxy) is 1. The maximum atomic E-state index is 12.4. The lowest BCUT2D eigenvalue weighted by Gasteiger charge is -2.32. The van der Waals surface area contributed by atoms with Crippen LogP contribution >= 0.6 is 0 Å². The Morgan fingerprint density at radius 3 is 2.94 bits per heavy atom. The molecule has 1 unspecified atom stereocenters. The summed E-state index contributed by atoms with van der Waals surface area (Å²) in [6.45, 7) is 7.49. The quantitative estimate of drug-likeness (QED) is 0.765. The minimum atomic E-state index is -0.300. The number of rotatable bonds is 4. The smallest absolute Gasteiger partial charge is 0.193 e. The van der Waals surface area contributed by atoms with Gasteiger partial charge in [-0.3, -0.25) is 9.69 Å². The average molecular weight is 247 g/mol. The van der Waals surface area contributed by atoms with E-state index in [1.54, 1.807) is 0 Å². The Bertz CT molecular complexity index is 415. The van der Waals surface area contributed by atoms with E-state index in [0.717, 1.165) is 37.2 Å². The number of morpholine rings is 1. The zero-order valence-corrected chi connectivity index (χ0v) is 11.2. The third-order valence-corrected chi connectivity index (χ3v) is 3.39. The van der Waals surface area contributed by atoms with E-state index in [1.807, 2.05) is 31.2 Å². The van der Waals surface area contributed by atoms with Crippen molar-refractivity contribution in [3.63, 3.8) is 0 Å². The predicted molar refractivity (Wildman–Crippen MR) is 72.0 cm³/mol. The first-order valence-corrected chi connectivity index (χ1v) is 6.66. The second kappa shape index (κ2) is 6.12. The lowest BCUT2D eigenvalue weighted by atomic mass is 10.0. The van der Waals surface area contributed by atoms with Gasteiger partial charge in [0, 0.05) is 18.7 Å². The first-order chi connectivity index (χ1) is 8.72. The largest absolute Gasteiger partial charge is 0.367 e. The van der Waals surface area contributed by atoms with Crippen LogP contribution in [0.1, 0.15) is 29.3 Å². The number of ketones is 1. The second-order valence-corrected chi connectivity index (χ2v) is 4.84. The Balaban J connectivity index is 2.07. The number of Topliss-reactive ketones (excluding diaryl/α,β-unsaturated/α-hetero) is 1. The van der Waals surface area contributed by atoms with Gasteiger partial charge in [-0.2, -0.15) is 0 Å². The third kappa shape index (κ3) is 2.98. The Morgan fingerprint density at radius 1 is 1.44 bits per heavy atom. The molecule has 1 aliphatic heterocycles. The van der Waals surface area contributed by atoms with E-state index >= 15 is 0 Å². The Labute approximate surface area is 109 Å². The molecule has 0 amide bonds. The molecule has 0 spiro atoms. The summed E-state index contributed by atoms with van der Waals surface area (Å²) in [5, 5.41) is 0. The van der Waals surface area contributed by atoms with Crippen LogP contribution in [-0.2, 0) is 4.74 Å². The number of hydrogen-bond acceptors (Lipinski definition) is 3. The van der Waals surface area contributed by atoms with Crippen molar-refractivity contribution in [2.24, 2.45) is 0 Å². The van der Waals surface area contributed by atoms with Crippen LogP contribution in [0, 0.1) is 6.92 Å². The van der Waals surface area contributed by atoms with Crippen molar-refractivity contribution >= 4 is 5.78 Å². The van der Waals surface area contributed by atoms with E-state index in [2.05, 4.69) is 11.8 Å². The number of hydrogen-bond donors (Lipinski definition) is 0. The number of aryl methyl sites for hydroxylation is 1. The van der Waals surface area contributed by atoms with E-state index in [0.29, 0.717) is 6.61 Å². The number of nitrogens with zero attached hydrogens (tertiary/aromatic N) is 1. The van der Waals surface area contributed by atoms with Crippen LogP contribution in [-0.4, -0.2) is 43.0 Å². The normalized spacial score (nSPS) is 20.9. The maximum absolute atomic E-state index is 12.4. The molecule has 3 nitrogen and oxygen atoms in total. The van der Waals surface area contributed by atoms with Gasteiger partial charge in [0.25, 0.3) is 0 Å². The molecular weight excluding hydrogens is 226 g/mol. The van der Waals surface area contributed by atoms with E-state index in [-0.39, 0.29) is 11.9 Å². The van der Waals surface area contributed by atoms with Gasteiger partial charge in [-0.1, -0.05) is 31.2 Å². The molecule has 0 aromatic heterocycles. The third-order valence-electron chi connectivity index (χ3n) is 3.39. The summed E-state index contributed by atoms with van der Waals surface area (Å²) < 4.78 is 5.63. The molecular formula is C15H21NO2. The monoisotopic (exact) mass is 247 g/mol. The summed E-state index contributed by atoms with van der Waals surface area (Å²) in [5.41, 5.74) is 1.82. The SMILES string of the molecule is CCCN1CCOC(C(=O)c2ccccc2C)C1. The van der Waals surface area contributed by atoms with E-state index in [1.165, 1.54) is 0 Å². The fraction of sp³-hybridized carbons (Fsp3) is 0.533. The molecule has 1 heterocycles. The minimum absolute atomic E-state index is 0.119. The first kappa shape index (κ1) is 13.2. The van der Waals surface area contributed by atoms with Crippen LogP contribution in [0.4, 0.5) is 0 Å². The molecule has 0 saturated carbocycles. The summed E-state index contributed by atoms with van der Waals surface area (Å²) in [4.78, 5) is 14.7. The van der Waals surface area contributed by atoms with Crippen molar-refractivity contribution in [1.29, 1.82) is 0 Å². The minimum Gasteiger partial charge on any atom is -0.367 e. The molecule has 1 fully saturated rings. The van der Waals surface area contributed by atoms with Crippen molar-refractivity contribution < 1.29 is 9.53 Å². The highest BCUT2D eigenvalue weighted by Gasteiger charge is 2.27. The molecule has 18 heavy (non-hydrogen) atoms. The molecule has 2 rings (SSSR count). The van der Waals surface area contributed by atoms with Gasteiger partial charge in [0.2, 0.25) is 0 Å². The molecule has 0 bridgehead atoms. The molecule has 0 aliphatic carbocycles. The Morgan fingerprint density at radius 2 is 2.22 bits per heavy atom. The van der Waals surface area contributed by atoms with Crippen molar-refractivity contribution in [3.8, 4) is 0 Å². The lowest BCUT2D eigenvalue weighted by Crippen LogP contribution is -2.46. The first-order valence-electron chi connectivity index (χ1n) is 6.66. The van der Waals surface area contributed by atoms with Crippen molar-refractivity contribution in [3.05, 3.63) is 35.4 Å². The second-order valence-electron chi connectivity index (χ2n) is 4.84. The molecule has 1 aromatic carbocycles. The molecule has 0 radical (unpaired) electrons. The molecule has 98 valence electrons. The van der Waals surface area contributed by atoms with Gasteiger partial charge in [-0.15, -0.1) is 0 Å². The molecule has 0 N–H and O–H groups in total. The zero-order valence-electron chi connectivity index (χ0n) is 11.2. The summed E-state index contributed by atoms with van der Waals surface area (Å²) in [6.07, 6.45) is 0.817. The van der Waals surface area contributed by atoms with Gasteiger partial charge in [0.15, 0.2) is 5.78 Å². The Hall–Kier alpha value is -1.19. The van der Waals surface area contributed by atoms with Crippen molar-refractivity contribution in [2.75, 3.05) is 26.2 Å². The molecule has 1 aliphatic rings. The molecule has 1 atom stereocenters. The van der Waals surface area contributed by atoms with Gasteiger partial charge in [-0.25, -0.2) is 0 Å². The summed E-state index contributed by atoms with van der Waals surface area (Å²) in [7, 11) is 0. The Kier molecular flexibility index (Phi) is 4.50. The number of benzene rings is 1. The zero-order chi connectivity index (χ0) is 13.0. The van der Waals surface area contributed by atoms with Crippen LogP contribution in [0.2, 0.25) is 0 Å². The van der Waals surface area contributed by atoms with Crippen LogP contribution in [0.15, 0.2) is 24.3 Å². The fourth-order valence-corrected chi connectivity index (χ4v) is 2.40. The van der Waals surface area contributed by atoms with E-state index in [4.69, 9.17) is 4.74 Å². The van der Waals surface area contributed by atoms with Crippen molar-refractivity contribution in [2.45, 2.75) is 26.4 Å². The summed E-state index contributed by atoms with van der Waals surface area (Å²) in [6, 6.07) is 7.73. The average Bonchev–Trinajstić information content (AvgIpc) is 2.39. The summed E-state index contributed by atoms with van der Waals surface area (Å²) >= 11 is 0. The van der Waals surface area contributed by atoms with Crippen LogP contribution in [0.5, 0.6) is 0 Å². The fourth-order valence-electron chi connectivity index (χ4n) is 2.40. The molecule has 1 saturated heterocycles. The van der Waals surface area contributed by atoms with Gasteiger partial charge in [0.1, 0.15) is 6.10 Å². The van der Waals surface area contributed by atoms with Crippen molar-refractivity contribution in [1.82, 2.24) is 4.90 Å². The van der Waals surface area contributed by atoms with E-state index in [9.17, 15) is 4.79 Å². The van der Waals surface area contributed by atoms with Gasteiger partial charge < -0.3 is 4.74 Å². The highest BCUT2D eigenvalue weighted by Crippen LogP contribution is 2.15. The molecule has 1 aromatic rings. The maximum Gasteiger partial charge on any atom is 0.193 e. The topological polar surface area (TPSA) is 29.5 Å². The van der Waals surface area contributed by atoms with Gasteiger partial charge in [0.05, 0.1) is 6.61 Å². The summed E-state index contributed by atoms with van der Waals surface area (Å²) in [5.74, 6) is 0.119. The van der Waals surface area contributed by atoms with Gasteiger partial charge >= 0.3 is 0 Å². The number of carbonyl (C=O) groups is 1. The highest BCUT2D eigenvalue weighted by atomic mass is 16.5. The predicted octanol–water partition coefficient (Wildman–Crippen LogP) is 2.29. The highest BCUT2D eigenvalue weighted by molar-refractivity contribution is 6.00. The van der Waals surface area contributed by atoms with Crippen LogP contribution < -0.4 is 0 Å². The molecule has 3 heteroatoms. The lowest BCUT2D eigenvalue weighted by molar-refractivity contribution is -0.0164. The standard InChI is InChI=1S/C15H21NO2/c1-3-8-16-9-10-18-14(11-16)15(17)13-7-5-4-6-12(13)2/h4-7,14H,3,8-11H2,1-2H3. The van der Waals surface area contributed by atoms with Crippen LogP contribution in [0.3, 0.4) is 0 Å². The van der Waals surface area contributed by atoms with Crippen LogP contribution in [0.25, 0.3) is 0 Å².